The van der Waals surface area contributed by atoms with Crippen LogP contribution in [-0.2, 0) is 13.2 Å². The average Bonchev–Trinajstić information content (AvgIpc) is 3.56. The summed E-state index contributed by atoms with van der Waals surface area (Å²) in [4.78, 5) is 17.3. The van der Waals surface area contributed by atoms with Crippen LogP contribution in [0.15, 0.2) is 48.8 Å². The summed E-state index contributed by atoms with van der Waals surface area (Å²) in [5, 5.41) is 8.14. The van der Waals surface area contributed by atoms with Gasteiger partial charge in [-0.25, -0.2) is 5.84 Å². The predicted molar refractivity (Wildman–Crippen MR) is 156 cm³/mol. The van der Waals surface area contributed by atoms with Crippen LogP contribution in [0.1, 0.15) is 45.6 Å². The number of alkyl halides is 3. The quantitative estimate of drug-likeness (QED) is 0.257. The Morgan fingerprint density at radius 2 is 1.85 bits per heavy atom. The Morgan fingerprint density at radius 3 is 2.49 bits per heavy atom. The van der Waals surface area contributed by atoms with Crippen LogP contribution in [-0.4, -0.2) is 53.8 Å². The minimum Gasteiger partial charge on any atom is -0.397 e. The predicted octanol–water partition coefficient (Wildman–Crippen LogP) is 4.48. The Morgan fingerprint density at radius 1 is 1.15 bits per heavy atom. The van der Waals surface area contributed by atoms with Gasteiger partial charge in [-0.1, -0.05) is 6.07 Å². The molecule has 1 amide bonds. The van der Waals surface area contributed by atoms with E-state index in [2.05, 4.69) is 15.3 Å². The number of anilines is 3. The maximum atomic E-state index is 13.8. The molecule has 1 aliphatic heterocycles. The summed E-state index contributed by atoms with van der Waals surface area (Å²) in [6, 6.07) is 8.49. The number of nitrogens with one attached hydrogen (secondary N) is 1. The Hall–Kier alpha value is -4.03. The van der Waals surface area contributed by atoms with E-state index in [4.69, 9.17) is 11.6 Å². The van der Waals surface area contributed by atoms with E-state index in [0.29, 0.717) is 23.6 Å². The van der Waals surface area contributed by atoms with Gasteiger partial charge in [-0.05, 0) is 75.7 Å². The maximum Gasteiger partial charge on any atom is 0.416 e. The van der Waals surface area contributed by atoms with E-state index in [1.165, 1.54) is 11.2 Å². The molecule has 0 spiro atoms. The summed E-state index contributed by atoms with van der Waals surface area (Å²) in [6.07, 6.45) is 0.880. The SMILES string of the molecule is Cc1ccc(C(=O)Nc2cc(N(C)CCN3CCCC3)cc(C(F)(F)F)c2)cc1N(N)/C=C(\N)c1cnn(C)c1C. The summed E-state index contributed by atoms with van der Waals surface area (Å²) in [5.41, 5.74) is 9.33. The number of nitrogens with zero attached hydrogens (tertiary/aromatic N) is 5. The first kappa shape index (κ1) is 29.9. The van der Waals surface area contributed by atoms with Gasteiger partial charge in [-0.2, -0.15) is 18.3 Å². The number of carbonyl (C=O) groups excluding carboxylic acids is 1. The number of hydrogen-bond acceptors (Lipinski definition) is 7. The number of aryl methyl sites for hydroxylation is 2. The molecule has 9 nitrogen and oxygen atoms in total. The smallest absolute Gasteiger partial charge is 0.397 e. The molecule has 41 heavy (non-hydrogen) atoms. The summed E-state index contributed by atoms with van der Waals surface area (Å²) in [7, 11) is 3.56. The minimum atomic E-state index is -4.57. The number of amides is 1. The third-order valence-corrected chi connectivity index (χ3v) is 7.47. The van der Waals surface area contributed by atoms with Crippen molar-refractivity contribution >= 4 is 28.7 Å². The Labute approximate surface area is 238 Å². The first-order valence-corrected chi connectivity index (χ1v) is 13.4. The number of nitrogens with two attached hydrogens (primary N) is 2. The largest absolute Gasteiger partial charge is 0.416 e. The third-order valence-electron chi connectivity index (χ3n) is 7.47. The number of rotatable bonds is 9. The van der Waals surface area contributed by atoms with Gasteiger partial charge >= 0.3 is 6.18 Å². The van der Waals surface area contributed by atoms with Crippen molar-refractivity contribution in [2.45, 2.75) is 32.9 Å². The molecule has 4 rings (SSSR count). The van der Waals surface area contributed by atoms with E-state index in [-0.39, 0.29) is 11.3 Å². The molecule has 2 aromatic carbocycles. The lowest BCUT2D eigenvalue weighted by atomic mass is 10.1. The molecule has 0 aliphatic carbocycles. The summed E-state index contributed by atoms with van der Waals surface area (Å²) >= 11 is 0. The van der Waals surface area contributed by atoms with Crippen molar-refractivity contribution in [1.29, 1.82) is 0 Å². The topological polar surface area (TPSA) is 109 Å². The molecule has 0 bridgehead atoms. The van der Waals surface area contributed by atoms with Crippen molar-refractivity contribution in [3.8, 4) is 0 Å². The van der Waals surface area contributed by atoms with E-state index in [1.807, 2.05) is 13.8 Å². The normalized spacial score (nSPS) is 14.4. The van der Waals surface area contributed by atoms with Crippen LogP contribution >= 0.6 is 0 Å². The molecule has 12 heteroatoms. The molecule has 0 radical (unpaired) electrons. The van der Waals surface area contributed by atoms with E-state index in [9.17, 15) is 18.0 Å². The number of hydrazine groups is 1. The number of carbonyl (C=O) groups is 1. The van der Waals surface area contributed by atoms with Crippen molar-refractivity contribution in [2.75, 3.05) is 48.5 Å². The van der Waals surface area contributed by atoms with Crippen molar-refractivity contribution in [1.82, 2.24) is 14.7 Å². The molecule has 1 aliphatic rings. The van der Waals surface area contributed by atoms with Gasteiger partial charge in [-0.15, -0.1) is 0 Å². The third kappa shape index (κ3) is 7.19. The highest BCUT2D eigenvalue weighted by Gasteiger charge is 2.32. The van der Waals surface area contributed by atoms with Crippen LogP contribution < -0.4 is 26.8 Å². The second-order valence-corrected chi connectivity index (χ2v) is 10.5. The fourth-order valence-electron chi connectivity index (χ4n) is 4.80. The first-order chi connectivity index (χ1) is 19.3. The molecular weight excluding hydrogens is 533 g/mol. The molecule has 3 aromatic rings. The van der Waals surface area contributed by atoms with Gasteiger partial charge in [0.25, 0.3) is 5.91 Å². The molecule has 0 atom stereocenters. The Bertz CT molecular complexity index is 1430. The van der Waals surface area contributed by atoms with Crippen LogP contribution in [0.3, 0.4) is 0 Å². The van der Waals surface area contributed by atoms with Crippen LogP contribution in [0.25, 0.3) is 5.70 Å². The summed E-state index contributed by atoms with van der Waals surface area (Å²) in [6.45, 7) is 7.04. The monoisotopic (exact) mass is 570 g/mol. The molecule has 1 aromatic heterocycles. The van der Waals surface area contributed by atoms with Crippen LogP contribution in [0.2, 0.25) is 0 Å². The number of likely N-dealkylation sites (N-methyl/N-ethyl adjacent to an activating group) is 1. The number of halogens is 3. The van der Waals surface area contributed by atoms with E-state index < -0.39 is 17.6 Å². The second-order valence-electron chi connectivity index (χ2n) is 10.5. The van der Waals surface area contributed by atoms with Crippen molar-refractivity contribution in [3.05, 3.63) is 76.7 Å². The minimum absolute atomic E-state index is 0.0516. The van der Waals surface area contributed by atoms with Gasteiger partial charge in [0.15, 0.2) is 0 Å². The molecule has 0 saturated carbocycles. The van der Waals surface area contributed by atoms with Crippen molar-refractivity contribution < 1.29 is 18.0 Å². The van der Waals surface area contributed by atoms with Crippen molar-refractivity contribution in [2.24, 2.45) is 18.6 Å². The summed E-state index contributed by atoms with van der Waals surface area (Å²) < 4.78 is 43.0. The van der Waals surface area contributed by atoms with E-state index in [1.54, 1.807) is 54.1 Å². The Balaban J connectivity index is 1.55. The second kappa shape index (κ2) is 12.2. The van der Waals surface area contributed by atoms with Crippen LogP contribution in [0.4, 0.5) is 30.2 Å². The molecule has 1 saturated heterocycles. The van der Waals surface area contributed by atoms with Crippen LogP contribution in [0.5, 0.6) is 0 Å². The molecule has 1 fully saturated rings. The Kier molecular flexibility index (Phi) is 8.93. The standard InChI is InChI=1S/C29H37F3N8O/c1-19-7-8-21(13-27(19)40(34)18-26(33)25-17-35-38(4)20(25)2)28(41)36-23-14-22(29(30,31)32)15-24(16-23)37(3)11-12-39-9-5-6-10-39/h7-8,13-18H,5-6,9-12,33-34H2,1-4H3,(H,36,41)/b26-18-. The lowest BCUT2D eigenvalue weighted by molar-refractivity contribution is -0.137. The number of aromatic nitrogens is 2. The molecule has 2 heterocycles. The van der Waals surface area contributed by atoms with Gasteiger partial charge < -0.3 is 20.9 Å². The fraction of sp³-hybridized carbons (Fsp3) is 0.379. The molecule has 220 valence electrons. The highest BCUT2D eigenvalue weighted by molar-refractivity contribution is 6.05. The lowest BCUT2D eigenvalue weighted by Crippen LogP contribution is -2.31. The van der Waals surface area contributed by atoms with E-state index >= 15 is 0 Å². The van der Waals surface area contributed by atoms with Gasteiger partial charge in [0.2, 0.25) is 0 Å². The zero-order chi connectivity index (χ0) is 29.9. The zero-order valence-corrected chi connectivity index (χ0v) is 23.8. The van der Waals surface area contributed by atoms with Crippen molar-refractivity contribution in [3.63, 3.8) is 0 Å². The fourth-order valence-corrected chi connectivity index (χ4v) is 4.80. The van der Waals surface area contributed by atoms with Gasteiger partial charge in [-0.3, -0.25) is 14.5 Å². The summed E-state index contributed by atoms with van der Waals surface area (Å²) in [5.74, 6) is 5.73. The first-order valence-electron chi connectivity index (χ1n) is 13.4. The highest BCUT2D eigenvalue weighted by atomic mass is 19.4. The molecule has 0 unspecified atom stereocenters. The highest BCUT2D eigenvalue weighted by Crippen LogP contribution is 2.34. The maximum absolute atomic E-state index is 13.8. The van der Waals surface area contributed by atoms with E-state index in [0.717, 1.165) is 61.4 Å². The average molecular weight is 571 g/mol. The van der Waals surface area contributed by atoms with Gasteiger partial charge in [0, 0.05) is 61.6 Å². The number of benzene rings is 2. The lowest BCUT2D eigenvalue weighted by Gasteiger charge is -2.25. The van der Waals surface area contributed by atoms with Gasteiger partial charge in [0.05, 0.1) is 23.1 Å². The number of likely N-dealkylation sites (tertiary alicyclic amines) is 1. The molecule has 5 N–H and O–H groups in total. The zero-order valence-electron chi connectivity index (χ0n) is 23.8. The van der Waals surface area contributed by atoms with Gasteiger partial charge in [0.1, 0.15) is 0 Å². The molecular formula is C29H37F3N8O. The number of hydrogen-bond donors (Lipinski definition) is 3. The van der Waals surface area contributed by atoms with Crippen LogP contribution in [0, 0.1) is 13.8 Å².